The second-order valence-corrected chi connectivity index (χ2v) is 6.32. The van der Waals surface area contributed by atoms with Gasteiger partial charge in [-0.3, -0.25) is 4.79 Å². The number of carbonyl (C=O) groups is 1. The van der Waals surface area contributed by atoms with Gasteiger partial charge in [-0.25, -0.2) is 0 Å². The summed E-state index contributed by atoms with van der Waals surface area (Å²) in [6.07, 6.45) is 0. The average molecular weight is 343 g/mol. The van der Waals surface area contributed by atoms with Crippen LogP contribution in [0.5, 0.6) is 0 Å². The fraction of sp³-hybridized carbons (Fsp3) is 0.182. The minimum absolute atomic E-state index is 0.0110. The standard InChI is InChI=1S/C22H21N3O/c1-15-16(2)25(17(3)18-10-6-4-7-11-18)21(20(15)14-23)24-22(26)19-12-8-5-9-13-19/h4-13,17H,1-3H3,(H,24,26). The molecule has 0 bridgehead atoms. The molecule has 4 heteroatoms. The van der Waals surface area contributed by atoms with Crippen molar-refractivity contribution in [2.45, 2.75) is 26.8 Å². The van der Waals surface area contributed by atoms with E-state index in [1.807, 2.05) is 66.9 Å². The summed E-state index contributed by atoms with van der Waals surface area (Å²) in [7, 11) is 0. The maximum atomic E-state index is 12.7. The van der Waals surface area contributed by atoms with E-state index in [4.69, 9.17) is 0 Å². The molecule has 2 aromatic carbocycles. The average Bonchev–Trinajstić information content (AvgIpc) is 2.92. The summed E-state index contributed by atoms with van der Waals surface area (Å²) in [5.74, 6) is 0.328. The molecule has 0 fully saturated rings. The fourth-order valence-corrected chi connectivity index (χ4v) is 3.22. The molecular weight excluding hydrogens is 322 g/mol. The molecule has 0 aliphatic rings. The molecule has 0 saturated carbocycles. The Morgan fingerprint density at radius 1 is 1.04 bits per heavy atom. The van der Waals surface area contributed by atoms with Crippen LogP contribution >= 0.6 is 0 Å². The van der Waals surface area contributed by atoms with Crippen molar-refractivity contribution < 1.29 is 4.79 Å². The number of rotatable bonds is 4. The molecule has 130 valence electrons. The Labute approximate surface area is 153 Å². The van der Waals surface area contributed by atoms with Crippen LogP contribution in [0, 0.1) is 25.2 Å². The van der Waals surface area contributed by atoms with Crippen LogP contribution in [0.25, 0.3) is 0 Å². The fourth-order valence-electron chi connectivity index (χ4n) is 3.22. The van der Waals surface area contributed by atoms with Gasteiger partial charge in [0.2, 0.25) is 0 Å². The van der Waals surface area contributed by atoms with Crippen LogP contribution in [0.1, 0.15) is 45.7 Å². The van der Waals surface area contributed by atoms with Crippen molar-refractivity contribution in [3.63, 3.8) is 0 Å². The zero-order chi connectivity index (χ0) is 18.7. The first-order valence-corrected chi connectivity index (χ1v) is 8.57. The maximum Gasteiger partial charge on any atom is 0.256 e. The number of nitrogens with one attached hydrogen (secondary N) is 1. The normalized spacial score (nSPS) is 11.6. The van der Waals surface area contributed by atoms with Crippen LogP contribution in [-0.4, -0.2) is 10.5 Å². The second-order valence-electron chi connectivity index (χ2n) is 6.32. The zero-order valence-electron chi connectivity index (χ0n) is 15.2. The van der Waals surface area contributed by atoms with Gasteiger partial charge in [0.15, 0.2) is 0 Å². The summed E-state index contributed by atoms with van der Waals surface area (Å²) in [4.78, 5) is 12.7. The van der Waals surface area contributed by atoms with Crippen molar-refractivity contribution in [1.29, 1.82) is 5.26 Å². The minimum atomic E-state index is -0.221. The van der Waals surface area contributed by atoms with E-state index < -0.39 is 0 Å². The topological polar surface area (TPSA) is 57.8 Å². The summed E-state index contributed by atoms with van der Waals surface area (Å²) in [6, 6.07) is 21.3. The van der Waals surface area contributed by atoms with Crippen LogP contribution in [0.15, 0.2) is 60.7 Å². The van der Waals surface area contributed by atoms with E-state index in [2.05, 4.69) is 18.3 Å². The molecule has 1 N–H and O–H groups in total. The second kappa shape index (κ2) is 7.28. The summed E-state index contributed by atoms with van der Waals surface area (Å²) in [5.41, 5.74) is 4.05. The van der Waals surface area contributed by atoms with E-state index in [0.717, 1.165) is 16.8 Å². The number of aromatic nitrogens is 1. The van der Waals surface area contributed by atoms with Gasteiger partial charge < -0.3 is 9.88 Å². The van der Waals surface area contributed by atoms with Gasteiger partial charge in [-0.2, -0.15) is 5.26 Å². The third-order valence-electron chi connectivity index (χ3n) is 4.81. The number of hydrogen-bond donors (Lipinski definition) is 1. The Bertz CT molecular complexity index is 966. The summed E-state index contributed by atoms with van der Waals surface area (Å²) in [5, 5.41) is 12.6. The van der Waals surface area contributed by atoms with Crippen LogP contribution < -0.4 is 5.32 Å². The quantitative estimate of drug-likeness (QED) is 0.737. The predicted molar refractivity (Wildman–Crippen MR) is 103 cm³/mol. The van der Waals surface area contributed by atoms with Gasteiger partial charge in [-0.1, -0.05) is 48.5 Å². The molecule has 0 radical (unpaired) electrons. The van der Waals surface area contributed by atoms with Crippen molar-refractivity contribution in [3.05, 3.63) is 88.6 Å². The van der Waals surface area contributed by atoms with E-state index in [1.54, 1.807) is 12.1 Å². The Hall–Kier alpha value is -3.32. The molecular formula is C22H21N3O. The van der Waals surface area contributed by atoms with Crippen LogP contribution in [0.4, 0.5) is 5.82 Å². The largest absolute Gasteiger partial charge is 0.323 e. The number of benzene rings is 2. The lowest BCUT2D eigenvalue weighted by molar-refractivity contribution is 0.102. The third kappa shape index (κ3) is 3.12. The zero-order valence-corrected chi connectivity index (χ0v) is 15.2. The van der Waals surface area contributed by atoms with Gasteiger partial charge in [-0.05, 0) is 44.0 Å². The van der Waals surface area contributed by atoms with E-state index in [9.17, 15) is 10.1 Å². The smallest absolute Gasteiger partial charge is 0.256 e. The van der Waals surface area contributed by atoms with Crippen molar-refractivity contribution in [3.8, 4) is 6.07 Å². The summed E-state index contributed by atoms with van der Waals surface area (Å²) >= 11 is 0. The number of anilines is 1. The number of nitrogens with zero attached hydrogens (tertiary/aromatic N) is 2. The predicted octanol–water partition coefficient (Wildman–Crippen LogP) is 4.84. The van der Waals surface area contributed by atoms with Crippen molar-refractivity contribution in [2.75, 3.05) is 5.32 Å². The molecule has 1 amide bonds. The SMILES string of the molecule is Cc1c(C#N)c(NC(=O)c2ccccc2)n(C(C)c2ccccc2)c1C. The molecule has 0 saturated heterocycles. The van der Waals surface area contributed by atoms with E-state index in [0.29, 0.717) is 16.9 Å². The first-order valence-electron chi connectivity index (χ1n) is 8.57. The molecule has 1 atom stereocenters. The van der Waals surface area contributed by atoms with E-state index in [-0.39, 0.29) is 11.9 Å². The molecule has 1 unspecified atom stereocenters. The van der Waals surface area contributed by atoms with Crippen LogP contribution in [0.3, 0.4) is 0 Å². The summed E-state index contributed by atoms with van der Waals surface area (Å²) < 4.78 is 2.03. The third-order valence-corrected chi connectivity index (χ3v) is 4.81. The molecule has 0 aliphatic carbocycles. The van der Waals surface area contributed by atoms with Crippen molar-refractivity contribution in [1.82, 2.24) is 4.57 Å². The lowest BCUT2D eigenvalue weighted by Crippen LogP contribution is -2.18. The molecule has 1 heterocycles. The van der Waals surface area contributed by atoms with Crippen LogP contribution in [0.2, 0.25) is 0 Å². The Balaban J connectivity index is 2.08. The highest BCUT2D eigenvalue weighted by molar-refractivity contribution is 6.04. The molecule has 1 aromatic heterocycles. The first kappa shape index (κ1) is 17.5. The highest BCUT2D eigenvalue weighted by Crippen LogP contribution is 2.32. The maximum absolute atomic E-state index is 12.7. The number of amides is 1. The summed E-state index contributed by atoms with van der Waals surface area (Å²) in [6.45, 7) is 5.97. The molecule has 3 rings (SSSR count). The monoisotopic (exact) mass is 343 g/mol. The van der Waals surface area contributed by atoms with Gasteiger partial charge in [-0.15, -0.1) is 0 Å². The van der Waals surface area contributed by atoms with Gasteiger partial charge in [0.05, 0.1) is 11.6 Å². The van der Waals surface area contributed by atoms with Gasteiger partial charge >= 0.3 is 0 Å². The molecule has 4 nitrogen and oxygen atoms in total. The highest BCUT2D eigenvalue weighted by atomic mass is 16.1. The molecule has 3 aromatic rings. The number of carbonyl (C=O) groups excluding carboxylic acids is 1. The van der Waals surface area contributed by atoms with Crippen molar-refractivity contribution in [2.24, 2.45) is 0 Å². The molecule has 0 spiro atoms. The lowest BCUT2D eigenvalue weighted by atomic mass is 10.1. The van der Waals surface area contributed by atoms with Gasteiger partial charge in [0.1, 0.15) is 11.9 Å². The minimum Gasteiger partial charge on any atom is -0.323 e. The first-order chi connectivity index (χ1) is 12.5. The van der Waals surface area contributed by atoms with Crippen molar-refractivity contribution >= 4 is 11.7 Å². The Kier molecular flexibility index (Phi) is 4.90. The van der Waals surface area contributed by atoms with E-state index in [1.165, 1.54) is 0 Å². The van der Waals surface area contributed by atoms with E-state index >= 15 is 0 Å². The van der Waals surface area contributed by atoms with Gasteiger partial charge in [0, 0.05) is 11.3 Å². The molecule has 26 heavy (non-hydrogen) atoms. The highest BCUT2D eigenvalue weighted by Gasteiger charge is 2.23. The lowest BCUT2D eigenvalue weighted by Gasteiger charge is -2.20. The number of nitriles is 1. The Morgan fingerprint density at radius 3 is 2.19 bits per heavy atom. The Morgan fingerprint density at radius 2 is 1.62 bits per heavy atom. The number of hydrogen-bond acceptors (Lipinski definition) is 2. The van der Waals surface area contributed by atoms with Crippen LogP contribution in [-0.2, 0) is 0 Å². The van der Waals surface area contributed by atoms with Gasteiger partial charge in [0.25, 0.3) is 5.91 Å². The molecule has 0 aliphatic heterocycles.